The van der Waals surface area contributed by atoms with Crippen LogP contribution in [0.1, 0.15) is 28.9 Å². The maximum atomic E-state index is 13.7. The molecule has 1 heterocycles. The van der Waals surface area contributed by atoms with Crippen LogP contribution in [-0.4, -0.2) is 10.9 Å². The lowest BCUT2D eigenvalue weighted by Crippen LogP contribution is -2.27. The van der Waals surface area contributed by atoms with Gasteiger partial charge in [0.1, 0.15) is 0 Å². The van der Waals surface area contributed by atoms with E-state index in [0.29, 0.717) is 5.56 Å². The molecule has 0 saturated heterocycles. The third kappa shape index (κ3) is 2.69. The number of hydrogen-bond donors (Lipinski definition) is 1. The molecule has 6 heteroatoms. The molecule has 3 aromatic rings. The first-order valence-corrected chi connectivity index (χ1v) is 7.52. The Labute approximate surface area is 129 Å². The number of aromatic nitrogens is 1. The number of nitrogens with one attached hydrogen (secondary N) is 1. The van der Waals surface area contributed by atoms with Gasteiger partial charge >= 0.3 is 0 Å². The lowest BCUT2D eigenvalue weighted by atomic mass is 10.1. The second-order valence-electron chi connectivity index (χ2n) is 4.87. The zero-order chi connectivity index (χ0) is 15.7. The highest BCUT2D eigenvalue weighted by Gasteiger charge is 2.17. The molecule has 22 heavy (non-hydrogen) atoms. The van der Waals surface area contributed by atoms with Gasteiger partial charge in [0, 0.05) is 11.1 Å². The van der Waals surface area contributed by atoms with Crippen LogP contribution in [0.2, 0.25) is 0 Å². The summed E-state index contributed by atoms with van der Waals surface area (Å²) in [6.07, 6.45) is 0. The van der Waals surface area contributed by atoms with E-state index in [1.807, 2.05) is 0 Å². The Kier molecular flexibility index (Phi) is 3.85. The lowest BCUT2D eigenvalue weighted by Gasteiger charge is -2.15. The fraction of sp³-hybridized carbons (Fsp3) is 0.125. The second kappa shape index (κ2) is 5.81. The standard InChI is InChI=1S/C16H12F2N2OS/c1-9(11-3-2-4-12(17)15(11)18)20-16(21)10-5-6-13-14(7-10)22-8-19-13/h2-9H,1H3,(H,20,21). The van der Waals surface area contributed by atoms with Gasteiger partial charge in [-0.15, -0.1) is 11.3 Å². The number of amides is 1. The molecule has 1 unspecified atom stereocenters. The molecule has 112 valence electrons. The first-order chi connectivity index (χ1) is 10.6. The minimum absolute atomic E-state index is 0.118. The Hall–Kier alpha value is -2.34. The van der Waals surface area contributed by atoms with Gasteiger partial charge in [-0.1, -0.05) is 12.1 Å². The largest absolute Gasteiger partial charge is 0.345 e. The number of carbonyl (C=O) groups is 1. The monoisotopic (exact) mass is 318 g/mol. The quantitative estimate of drug-likeness (QED) is 0.791. The molecule has 0 bridgehead atoms. The Balaban J connectivity index is 1.82. The van der Waals surface area contributed by atoms with Crippen molar-refractivity contribution in [2.24, 2.45) is 0 Å². The van der Waals surface area contributed by atoms with Crippen molar-refractivity contribution in [3.8, 4) is 0 Å². The van der Waals surface area contributed by atoms with E-state index in [9.17, 15) is 13.6 Å². The van der Waals surface area contributed by atoms with Gasteiger partial charge < -0.3 is 5.32 Å². The summed E-state index contributed by atoms with van der Waals surface area (Å²) < 4.78 is 27.9. The molecule has 1 atom stereocenters. The minimum atomic E-state index is -0.937. The molecule has 0 aliphatic heterocycles. The topological polar surface area (TPSA) is 42.0 Å². The lowest BCUT2D eigenvalue weighted by molar-refractivity contribution is 0.0939. The molecule has 0 fully saturated rings. The number of carbonyl (C=O) groups excluding carboxylic acids is 1. The molecule has 0 radical (unpaired) electrons. The van der Waals surface area contributed by atoms with E-state index in [-0.39, 0.29) is 11.5 Å². The molecule has 0 saturated carbocycles. The number of fused-ring (bicyclic) bond motifs is 1. The summed E-state index contributed by atoms with van der Waals surface area (Å²) in [5.41, 5.74) is 3.11. The fourth-order valence-corrected chi connectivity index (χ4v) is 2.93. The molecule has 0 aliphatic carbocycles. The summed E-state index contributed by atoms with van der Waals surface area (Å²) in [6.45, 7) is 1.61. The SMILES string of the molecule is CC(NC(=O)c1ccc2ncsc2c1)c1cccc(F)c1F. The van der Waals surface area contributed by atoms with Gasteiger partial charge in [-0.3, -0.25) is 4.79 Å². The summed E-state index contributed by atoms with van der Waals surface area (Å²) in [4.78, 5) is 16.4. The number of hydrogen-bond acceptors (Lipinski definition) is 3. The van der Waals surface area contributed by atoms with Gasteiger partial charge in [-0.2, -0.15) is 0 Å². The van der Waals surface area contributed by atoms with Crippen LogP contribution in [0.4, 0.5) is 8.78 Å². The normalized spacial score (nSPS) is 12.3. The molecule has 1 aromatic heterocycles. The Morgan fingerprint density at radius 1 is 1.27 bits per heavy atom. The molecule has 3 rings (SSSR count). The van der Waals surface area contributed by atoms with Crippen molar-refractivity contribution < 1.29 is 13.6 Å². The summed E-state index contributed by atoms with van der Waals surface area (Å²) in [5, 5.41) is 2.68. The first kappa shape index (κ1) is 14.6. The van der Waals surface area contributed by atoms with E-state index in [4.69, 9.17) is 0 Å². The number of benzene rings is 2. The highest BCUT2D eigenvalue weighted by molar-refractivity contribution is 7.16. The van der Waals surface area contributed by atoms with Crippen LogP contribution >= 0.6 is 11.3 Å². The predicted octanol–water partition coefficient (Wildman–Crippen LogP) is 4.07. The summed E-state index contributed by atoms with van der Waals surface area (Å²) in [5.74, 6) is -2.20. The highest BCUT2D eigenvalue weighted by atomic mass is 32.1. The van der Waals surface area contributed by atoms with Crippen molar-refractivity contribution in [2.75, 3.05) is 0 Å². The third-order valence-electron chi connectivity index (χ3n) is 3.39. The van der Waals surface area contributed by atoms with E-state index in [1.54, 1.807) is 30.6 Å². The number of thiazole rings is 1. The van der Waals surface area contributed by atoms with Gasteiger partial charge in [0.15, 0.2) is 11.6 Å². The molecule has 3 nitrogen and oxygen atoms in total. The average Bonchev–Trinajstić information content (AvgIpc) is 2.97. The molecule has 2 aromatic carbocycles. The third-order valence-corrected chi connectivity index (χ3v) is 4.18. The van der Waals surface area contributed by atoms with Gasteiger partial charge in [0.25, 0.3) is 5.91 Å². The smallest absolute Gasteiger partial charge is 0.251 e. The van der Waals surface area contributed by atoms with Crippen molar-refractivity contribution in [1.29, 1.82) is 0 Å². The van der Waals surface area contributed by atoms with Crippen molar-refractivity contribution in [2.45, 2.75) is 13.0 Å². The zero-order valence-electron chi connectivity index (χ0n) is 11.6. The average molecular weight is 318 g/mol. The van der Waals surface area contributed by atoms with Gasteiger partial charge in [0.2, 0.25) is 0 Å². The Morgan fingerprint density at radius 3 is 2.91 bits per heavy atom. The summed E-state index contributed by atoms with van der Waals surface area (Å²) in [7, 11) is 0. The Morgan fingerprint density at radius 2 is 2.09 bits per heavy atom. The van der Waals surface area contributed by atoms with E-state index < -0.39 is 17.7 Å². The van der Waals surface area contributed by atoms with Crippen LogP contribution < -0.4 is 5.32 Å². The number of halogens is 2. The molecule has 0 spiro atoms. The predicted molar refractivity (Wildman–Crippen MR) is 81.9 cm³/mol. The van der Waals surface area contributed by atoms with E-state index in [1.165, 1.54) is 23.5 Å². The van der Waals surface area contributed by atoms with Crippen molar-refractivity contribution in [3.63, 3.8) is 0 Å². The first-order valence-electron chi connectivity index (χ1n) is 6.64. The van der Waals surface area contributed by atoms with E-state index >= 15 is 0 Å². The summed E-state index contributed by atoms with van der Waals surface area (Å²) >= 11 is 1.44. The molecular formula is C16H12F2N2OS. The Bertz CT molecular complexity index is 847. The maximum absolute atomic E-state index is 13.7. The number of rotatable bonds is 3. The highest BCUT2D eigenvalue weighted by Crippen LogP contribution is 2.21. The molecule has 1 N–H and O–H groups in total. The fourth-order valence-electron chi connectivity index (χ4n) is 2.21. The maximum Gasteiger partial charge on any atom is 0.251 e. The van der Waals surface area contributed by atoms with Crippen molar-refractivity contribution in [1.82, 2.24) is 10.3 Å². The van der Waals surface area contributed by atoms with Crippen LogP contribution in [-0.2, 0) is 0 Å². The second-order valence-corrected chi connectivity index (χ2v) is 5.76. The van der Waals surface area contributed by atoms with Crippen molar-refractivity contribution >= 4 is 27.5 Å². The molecular weight excluding hydrogens is 306 g/mol. The van der Waals surface area contributed by atoms with Gasteiger partial charge in [-0.05, 0) is 31.2 Å². The van der Waals surface area contributed by atoms with E-state index in [2.05, 4.69) is 10.3 Å². The van der Waals surface area contributed by atoms with Crippen LogP contribution in [0.25, 0.3) is 10.2 Å². The van der Waals surface area contributed by atoms with Gasteiger partial charge in [-0.25, -0.2) is 13.8 Å². The van der Waals surface area contributed by atoms with Crippen LogP contribution in [0.3, 0.4) is 0 Å². The minimum Gasteiger partial charge on any atom is -0.345 e. The summed E-state index contributed by atoms with van der Waals surface area (Å²) in [6, 6.07) is 8.43. The van der Waals surface area contributed by atoms with Crippen molar-refractivity contribution in [3.05, 3.63) is 64.7 Å². The van der Waals surface area contributed by atoms with Crippen LogP contribution in [0.15, 0.2) is 41.9 Å². The number of nitrogens with zero attached hydrogens (tertiary/aromatic N) is 1. The zero-order valence-corrected chi connectivity index (χ0v) is 12.5. The van der Waals surface area contributed by atoms with Gasteiger partial charge in [0.05, 0.1) is 21.8 Å². The van der Waals surface area contributed by atoms with Crippen LogP contribution in [0.5, 0.6) is 0 Å². The van der Waals surface area contributed by atoms with E-state index in [0.717, 1.165) is 16.3 Å². The van der Waals surface area contributed by atoms with Crippen LogP contribution in [0, 0.1) is 11.6 Å². The molecule has 1 amide bonds. The molecule has 0 aliphatic rings.